The van der Waals surface area contributed by atoms with Crippen molar-refractivity contribution in [3.63, 3.8) is 0 Å². The zero-order chi connectivity index (χ0) is 16.3. The number of nitrogens with one attached hydrogen (secondary N) is 1. The highest BCUT2D eigenvalue weighted by molar-refractivity contribution is 6.35. The molecule has 0 aliphatic rings. The lowest BCUT2D eigenvalue weighted by molar-refractivity contribution is -0.115. The molecule has 22 heavy (non-hydrogen) atoms. The molecule has 0 atom stereocenters. The smallest absolute Gasteiger partial charge is 0.376 e. The van der Waals surface area contributed by atoms with Crippen LogP contribution in [0.1, 0.15) is 15.9 Å². The lowest BCUT2D eigenvalue weighted by Gasteiger charge is -2.14. The van der Waals surface area contributed by atoms with Gasteiger partial charge in [-0.2, -0.15) is 13.2 Å². The Morgan fingerprint density at radius 1 is 1.05 bits per heavy atom. The van der Waals surface area contributed by atoms with Crippen LogP contribution < -0.4 is 5.32 Å². The Balaban J connectivity index is 2.39. The Hall–Kier alpha value is -1.72. The minimum absolute atomic E-state index is 0.0323. The number of ketones is 1. The van der Waals surface area contributed by atoms with E-state index in [0.29, 0.717) is 0 Å². The van der Waals surface area contributed by atoms with E-state index in [1.807, 2.05) is 0 Å². The predicted molar refractivity (Wildman–Crippen MR) is 80.9 cm³/mol. The van der Waals surface area contributed by atoms with Crippen molar-refractivity contribution in [3.8, 4) is 0 Å². The molecule has 0 aliphatic heterocycles. The molecule has 0 spiro atoms. The van der Waals surface area contributed by atoms with Crippen molar-refractivity contribution in [2.75, 3.05) is 11.9 Å². The van der Waals surface area contributed by atoms with Crippen LogP contribution in [-0.4, -0.2) is 18.5 Å². The molecule has 0 radical (unpaired) electrons. The van der Waals surface area contributed by atoms with Crippen LogP contribution in [0.4, 0.5) is 18.9 Å². The second-order valence-corrected chi connectivity index (χ2v) is 5.31. The molecule has 0 saturated heterocycles. The fourth-order valence-corrected chi connectivity index (χ4v) is 2.24. The Bertz CT molecular complexity index is 701. The Kier molecular flexibility index (Phi) is 4.98. The van der Waals surface area contributed by atoms with Gasteiger partial charge in [-0.3, -0.25) is 4.79 Å². The SMILES string of the molecule is O=C(c1ccccc1Cl)c1cc(Cl)ccc1NCC(F)(F)F. The summed E-state index contributed by atoms with van der Waals surface area (Å²) in [7, 11) is 0. The summed E-state index contributed by atoms with van der Waals surface area (Å²) in [6.45, 7) is -1.25. The van der Waals surface area contributed by atoms with Crippen molar-refractivity contribution in [3.05, 3.63) is 63.6 Å². The van der Waals surface area contributed by atoms with E-state index < -0.39 is 18.5 Å². The number of carbonyl (C=O) groups excluding carboxylic acids is 1. The van der Waals surface area contributed by atoms with Crippen LogP contribution in [0.5, 0.6) is 0 Å². The first kappa shape index (κ1) is 16.6. The largest absolute Gasteiger partial charge is 0.405 e. The molecule has 7 heteroatoms. The van der Waals surface area contributed by atoms with E-state index in [9.17, 15) is 18.0 Å². The average molecular weight is 348 g/mol. The number of carbonyl (C=O) groups is 1. The maximum Gasteiger partial charge on any atom is 0.405 e. The second kappa shape index (κ2) is 6.58. The number of hydrogen-bond donors (Lipinski definition) is 1. The molecule has 2 aromatic rings. The summed E-state index contributed by atoms with van der Waals surface area (Å²) < 4.78 is 37.0. The van der Waals surface area contributed by atoms with E-state index in [1.54, 1.807) is 12.1 Å². The maximum absolute atomic E-state index is 12.5. The monoisotopic (exact) mass is 347 g/mol. The molecule has 0 aliphatic carbocycles. The first-order chi connectivity index (χ1) is 10.3. The molecular weight excluding hydrogens is 338 g/mol. The van der Waals surface area contributed by atoms with Crippen molar-refractivity contribution in [2.45, 2.75) is 6.18 Å². The van der Waals surface area contributed by atoms with Crippen molar-refractivity contribution < 1.29 is 18.0 Å². The molecule has 2 aromatic carbocycles. The Morgan fingerprint density at radius 3 is 2.36 bits per heavy atom. The summed E-state index contributed by atoms with van der Waals surface area (Å²) in [6, 6.07) is 10.3. The summed E-state index contributed by atoms with van der Waals surface area (Å²) in [4.78, 5) is 12.5. The highest BCUT2D eigenvalue weighted by Crippen LogP contribution is 2.27. The van der Waals surface area contributed by atoms with Gasteiger partial charge in [0.15, 0.2) is 5.78 Å². The van der Waals surface area contributed by atoms with Gasteiger partial charge in [0.1, 0.15) is 6.54 Å². The van der Waals surface area contributed by atoms with E-state index in [2.05, 4.69) is 5.32 Å². The molecule has 0 unspecified atom stereocenters. The number of alkyl halides is 3. The van der Waals surface area contributed by atoms with Gasteiger partial charge in [-0.1, -0.05) is 35.3 Å². The molecule has 0 amide bonds. The van der Waals surface area contributed by atoms with Crippen LogP contribution in [0.25, 0.3) is 0 Å². The fourth-order valence-electron chi connectivity index (χ4n) is 1.84. The highest BCUT2D eigenvalue weighted by Gasteiger charge is 2.27. The van der Waals surface area contributed by atoms with E-state index in [-0.39, 0.29) is 26.9 Å². The van der Waals surface area contributed by atoms with Crippen molar-refractivity contribution in [1.82, 2.24) is 0 Å². The molecule has 0 bridgehead atoms. The first-order valence-electron chi connectivity index (χ1n) is 6.17. The van der Waals surface area contributed by atoms with Gasteiger partial charge in [0.05, 0.1) is 5.02 Å². The van der Waals surface area contributed by atoms with E-state index >= 15 is 0 Å². The third-order valence-corrected chi connectivity index (χ3v) is 3.39. The lowest BCUT2D eigenvalue weighted by atomic mass is 10.0. The van der Waals surface area contributed by atoms with Crippen LogP contribution >= 0.6 is 23.2 Å². The summed E-state index contributed by atoms with van der Waals surface area (Å²) in [6.07, 6.45) is -4.40. The van der Waals surface area contributed by atoms with Crippen LogP contribution in [0.15, 0.2) is 42.5 Å². The molecule has 2 nitrogen and oxygen atoms in total. The minimum Gasteiger partial charge on any atom is -0.376 e. The van der Waals surface area contributed by atoms with Crippen molar-refractivity contribution in [1.29, 1.82) is 0 Å². The normalized spacial score (nSPS) is 11.3. The Morgan fingerprint density at radius 2 is 1.73 bits per heavy atom. The molecule has 0 aromatic heterocycles. The zero-order valence-electron chi connectivity index (χ0n) is 11.0. The minimum atomic E-state index is -4.40. The number of rotatable bonds is 4. The van der Waals surface area contributed by atoms with Gasteiger partial charge in [-0.25, -0.2) is 0 Å². The number of benzene rings is 2. The summed E-state index contributed by atoms with van der Waals surface area (Å²) in [5.74, 6) is -0.502. The number of halogens is 5. The van der Waals surface area contributed by atoms with Crippen LogP contribution in [0, 0.1) is 0 Å². The second-order valence-electron chi connectivity index (χ2n) is 4.47. The molecule has 0 fully saturated rings. The summed E-state index contributed by atoms with van der Waals surface area (Å²) in [5.41, 5.74) is 0.276. The number of anilines is 1. The van der Waals surface area contributed by atoms with Crippen molar-refractivity contribution in [2.24, 2.45) is 0 Å². The van der Waals surface area contributed by atoms with Gasteiger partial charge in [0, 0.05) is 21.8 Å². The molecule has 2 rings (SSSR count). The van der Waals surface area contributed by atoms with Crippen LogP contribution in [0.3, 0.4) is 0 Å². The topological polar surface area (TPSA) is 29.1 Å². The van der Waals surface area contributed by atoms with Crippen LogP contribution in [0.2, 0.25) is 10.0 Å². The van der Waals surface area contributed by atoms with Crippen molar-refractivity contribution >= 4 is 34.7 Å². The van der Waals surface area contributed by atoms with Gasteiger partial charge < -0.3 is 5.32 Å². The van der Waals surface area contributed by atoms with E-state index in [4.69, 9.17) is 23.2 Å². The summed E-state index contributed by atoms with van der Waals surface area (Å²) >= 11 is 11.8. The third kappa shape index (κ3) is 4.15. The quantitative estimate of drug-likeness (QED) is 0.770. The van der Waals surface area contributed by atoms with Gasteiger partial charge in [-0.05, 0) is 30.3 Å². The van der Waals surface area contributed by atoms with Gasteiger partial charge in [-0.15, -0.1) is 0 Å². The first-order valence-corrected chi connectivity index (χ1v) is 6.93. The standard InChI is InChI=1S/C15H10Cl2F3NO/c16-9-5-6-13(21-8-15(18,19)20)11(7-9)14(22)10-3-1-2-4-12(10)17/h1-7,21H,8H2. The van der Waals surface area contributed by atoms with Crippen LogP contribution in [-0.2, 0) is 0 Å². The Labute approximate surface area is 134 Å². The fraction of sp³-hybridized carbons (Fsp3) is 0.133. The molecular formula is C15H10Cl2F3NO. The van der Waals surface area contributed by atoms with E-state index in [1.165, 1.54) is 30.3 Å². The average Bonchev–Trinajstić information content (AvgIpc) is 2.45. The molecule has 1 N–H and O–H groups in total. The predicted octanol–water partition coefficient (Wildman–Crippen LogP) is 5.20. The zero-order valence-corrected chi connectivity index (χ0v) is 12.6. The maximum atomic E-state index is 12.5. The molecule has 0 heterocycles. The highest BCUT2D eigenvalue weighted by atomic mass is 35.5. The lowest BCUT2D eigenvalue weighted by Crippen LogP contribution is -2.22. The molecule has 0 saturated carbocycles. The van der Waals surface area contributed by atoms with Gasteiger partial charge in [0.2, 0.25) is 0 Å². The summed E-state index contributed by atoms with van der Waals surface area (Å²) in [5, 5.41) is 2.66. The third-order valence-electron chi connectivity index (χ3n) is 2.82. The van der Waals surface area contributed by atoms with Gasteiger partial charge in [0.25, 0.3) is 0 Å². The molecule has 116 valence electrons. The van der Waals surface area contributed by atoms with Gasteiger partial charge >= 0.3 is 6.18 Å². The van der Waals surface area contributed by atoms with E-state index in [0.717, 1.165) is 0 Å². The number of hydrogen-bond acceptors (Lipinski definition) is 2.